The molecule has 1 unspecified atom stereocenters. The first-order chi connectivity index (χ1) is 11.4. The summed E-state index contributed by atoms with van der Waals surface area (Å²) in [6, 6.07) is 15.4. The summed E-state index contributed by atoms with van der Waals surface area (Å²) in [4.78, 5) is 2.40. The van der Waals surface area contributed by atoms with E-state index < -0.39 is 10.1 Å². The molecule has 0 radical (unpaired) electrons. The topological polar surface area (TPSA) is 57.6 Å². The molecule has 0 bridgehead atoms. The molecule has 24 heavy (non-hydrogen) atoms. The Labute approximate surface area is 143 Å². The zero-order valence-electron chi connectivity index (χ0n) is 13.9. The molecule has 4 nitrogen and oxygen atoms in total. The molecule has 3 rings (SSSR count). The summed E-state index contributed by atoms with van der Waals surface area (Å²) >= 11 is 0. The molecule has 0 spiro atoms. The predicted octanol–water partition coefficient (Wildman–Crippen LogP) is 3.63. The smallest absolute Gasteiger partial charge is 0.294 e. The van der Waals surface area contributed by atoms with E-state index in [1.165, 1.54) is 18.9 Å². The van der Waals surface area contributed by atoms with Gasteiger partial charge in [-0.25, -0.2) is 0 Å². The van der Waals surface area contributed by atoms with E-state index in [2.05, 4.69) is 11.8 Å². The van der Waals surface area contributed by atoms with E-state index in [-0.39, 0.29) is 4.90 Å². The average Bonchev–Trinajstić information content (AvgIpc) is 2.98. The van der Waals surface area contributed by atoms with Crippen LogP contribution in [0, 0.1) is 0 Å². The van der Waals surface area contributed by atoms with Crippen molar-refractivity contribution >= 4 is 10.1 Å². The van der Waals surface area contributed by atoms with E-state index in [9.17, 15) is 13.0 Å². The van der Waals surface area contributed by atoms with Crippen LogP contribution in [0.15, 0.2) is 53.4 Å². The van der Waals surface area contributed by atoms with Gasteiger partial charge in [-0.2, -0.15) is 8.42 Å². The molecule has 1 atom stereocenters. The lowest BCUT2D eigenvalue weighted by atomic mass is 9.97. The second-order valence-corrected chi connectivity index (χ2v) is 7.86. The molecular formula is C19H23NO3S. The Kier molecular flexibility index (Phi) is 5.04. The number of benzene rings is 2. The van der Waals surface area contributed by atoms with Gasteiger partial charge in [0.15, 0.2) is 0 Å². The van der Waals surface area contributed by atoms with E-state index in [1.54, 1.807) is 12.1 Å². The summed E-state index contributed by atoms with van der Waals surface area (Å²) < 4.78 is 32.3. The summed E-state index contributed by atoms with van der Waals surface area (Å²) in [5.74, 6) is 0. The lowest BCUT2D eigenvalue weighted by Gasteiger charge is -2.21. The molecular weight excluding hydrogens is 322 g/mol. The van der Waals surface area contributed by atoms with Crippen molar-refractivity contribution in [3.8, 4) is 11.1 Å². The Hall–Kier alpha value is -1.69. The van der Waals surface area contributed by atoms with E-state index >= 15 is 0 Å². The molecule has 0 aromatic heterocycles. The average molecular weight is 345 g/mol. The number of hydrogen-bond donors (Lipinski definition) is 1. The third kappa shape index (κ3) is 3.86. The van der Waals surface area contributed by atoms with Gasteiger partial charge in [0, 0.05) is 12.6 Å². The van der Waals surface area contributed by atoms with Crippen LogP contribution < -0.4 is 0 Å². The monoisotopic (exact) mass is 345 g/mol. The summed E-state index contributed by atoms with van der Waals surface area (Å²) in [6.45, 7) is 4.23. The minimum atomic E-state index is -4.19. The molecule has 2 aromatic rings. The lowest BCUT2D eigenvalue weighted by molar-refractivity contribution is 0.272. The zero-order valence-corrected chi connectivity index (χ0v) is 14.7. The molecule has 128 valence electrons. The maximum absolute atomic E-state index is 11.5. The van der Waals surface area contributed by atoms with Crippen LogP contribution in [0.2, 0.25) is 0 Å². The number of hydrogen-bond acceptors (Lipinski definition) is 3. The SMILES string of the molecule is CC1CCCN1CCc1cc(S(=O)(=O)O)ccc1-c1ccccc1. The molecule has 2 aromatic carbocycles. The Morgan fingerprint density at radius 3 is 2.54 bits per heavy atom. The zero-order chi connectivity index (χ0) is 17.2. The highest BCUT2D eigenvalue weighted by Crippen LogP contribution is 2.27. The predicted molar refractivity (Wildman–Crippen MR) is 95.7 cm³/mol. The van der Waals surface area contributed by atoms with Crippen molar-refractivity contribution in [2.75, 3.05) is 13.1 Å². The molecule has 0 amide bonds. The molecule has 5 heteroatoms. The maximum atomic E-state index is 11.5. The first-order valence-electron chi connectivity index (χ1n) is 8.35. The summed E-state index contributed by atoms with van der Waals surface area (Å²) in [7, 11) is -4.19. The van der Waals surface area contributed by atoms with Crippen molar-refractivity contribution in [3.05, 3.63) is 54.1 Å². The van der Waals surface area contributed by atoms with E-state index in [0.717, 1.165) is 36.2 Å². The summed E-state index contributed by atoms with van der Waals surface area (Å²) in [5.41, 5.74) is 3.04. The standard InChI is InChI=1S/C19H23NO3S/c1-15-6-5-12-20(15)13-11-17-14-18(24(21,22)23)9-10-19(17)16-7-3-2-4-8-16/h2-4,7-10,14-15H,5-6,11-13H2,1H3,(H,21,22,23). The van der Waals surface area contributed by atoms with Crippen molar-refractivity contribution in [2.45, 2.75) is 37.1 Å². The minimum Gasteiger partial charge on any atom is -0.300 e. The maximum Gasteiger partial charge on any atom is 0.294 e. The van der Waals surface area contributed by atoms with Gasteiger partial charge in [-0.1, -0.05) is 36.4 Å². The third-order valence-corrected chi connectivity index (χ3v) is 5.67. The van der Waals surface area contributed by atoms with Crippen molar-refractivity contribution in [3.63, 3.8) is 0 Å². The van der Waals surface area contributed by atoms with Crippen LogP contribution in [0.5, 0.6) is 0 Å². The van der Waals surface area contributed by atoms with E-state index in [0.29, 0.717) is 6.04 Å². The first-order valence-corrected chi connectivity index (χ1v) is 9.79. The van der Waals surface area contributed by atoms with Gasteiger partial charge in [-0.15, -0.1) is 0 Å². The molecule has 1 fully saturated rings. The fourth-order valence-corrected chi connectivity index (χ4v) is 3.96. The second-order valence-electron chi connectivity index (χ2n) is 6.44. The molecule has 1 heterocycles. The fourth-order valence-electron chi connectivity index (χ4n) is 3.43. The van der Waals surface area contributed by atoms with Crippen LogP contribution in [0.4, 0.5) is 0 Å². The summed E-state index contributed by atoms with van der Waals surface area (Å²) in [5, 5.41) is 0. The quantitative estimate of drug-likeness (QED) is 0.841. The van der Waals surface area contributed by atoms with Gasteiger partial charge in [-0.05, 0) is 61.6 Å². The highest BCUT2D eigenvalue weighted by molar-refractivity contribution is 7.85. The van der Waals surface area contributed by atoms with Crippen LogP contribution in [0.25, 0.3) is 11.1 Å². The second kappa shape index (κ2) is 7.05. The minimum absolute atomic E-state index is 0.0355. The van der Waals surface area contributed by atoms with Gasteiger partial charge < -0.3 is 4.90 Å². The van der Waals surface area contributed by atoms with Gasteiger partial charge in [0.1, 0.15) is 0 Å². The van der Waals surface area contributed by atoms with Gasteiger partial charge in [0.25, 0.3) is 10.1 Å². The fraction of sp³-hybridized carbons (Fsp3) is 0.368. The number of likely N-dealkylation sites (tertiary alicyclic amines) is 1. The summed E-state index contributed by atoms with van der Waals surface area (Å²) in [6.07, 6.45) is 3.20. The van der Waals surface area contributed by atoms with Gasteiger partial charge in [0.2, 0.25) is 0 Å². The highest BCUT2D eigenvalue weighted by atomic mass is 32.2. The largest absolute Gasteiger partial charge is 0.300 e. The number of nitrogens with zero attached hydrogens (tertiary/aromatic N) is 1. The van der Waals surface area contributed by atoms with E-state index in [1.807, 2.05) is 30.3 Å². The van der Waals surface area contributed by atoms with Crippen molar-refractivity contribution in [1.29, 1.82) is 0 Å². The van der Waals surface area contributed by atoms with Crippen LogP contribution >= 0.6 is 0 Å². The molecule has 0 saturated carbocycles. The molecule has 1 N–H and O–H groups in total. The Morgan fingerprint density at radius 2 is 1.92 bits per heavy atom. The Morgan fingerprint density at radius 1 is 1.17 bits per heavy atom. The molecule has 1 saturated heterocycles. The van der Waals surface area contributed by atoms with Crippen LogP contribution in [-0.2, 0) is 16.5 Å². The third-order valence-electron chi connectivity index (χ3n) is 4.82. The number of rotatable bonds is 5. The first kappa shape index (κ1) is 17.1. The molecule has 0 aliphatic carbocycles. The van der Waals surface area contributed by atoms with Crippen LogP contribution in [0.1, 0.15) is 25.3 Å². The lowest BCUT2D eigenvalue weighted by Crippen LogP contribution is -2.29. The van der Waals surface area contributed by atoms with Gasteiger partial charge in [0.05, 0.1) is 4.90 Å². The highest BCUT2D eigenvalue weighted by Gasteiger charge is 2.20. The van der Waals surface area contributed by atoms with Crippen molar-refractivity contribution < 1.29 is 13.0 Å². The van der Waals surface area contributed by atoms with Gasteiger partial charge in [-0.3, -0.25) is 4.55 Å². The van der Waals surface area contributed by atoms with Crippen molar-refractivity contribution in [2.24, 2.45) is 0 Å². The van der Waals surface area contributed by atoms with Crippen LogP contribution in [0.3, 0.4) is 0 Å². The Balaban J connectivity index is 1.93. The van der Waals surface area contributed by atoms with Crippen LogP contribution in [-0.4, -0.2) is 37.0 Å². The van der Waals surface area contributed by atoms with Crippen molar-refractivity contribution in [1.82, 2.24) is 4.90 Å². The molecule has 1 aliphatic heterocycles. The normalized spacial score (nSPS) is 18.8. The molecule has 1 aliphatic rings. The van der Waals surface area contributed by atoms with E-state index in [4.69, 9.17) is 0 Å². The Bertz CT molecular complexity index is 803. The van der Waals surface area contributed by atoms with Gasteiger partial charge >= 0.3 is 0 Å².